The fourth-order valence-corrected chi connectivity index (χ4v) is 2.74. The number of rotatable bonds is 5. The highest BCUT2D eigenvalue weighted by Crippen LogP contribution is 2.16. The lowest BCUT2D eigenvalue weighted by Crippen LogP contribution is -2.17. The molecule has 1 aliphatic heterocycles. The van der Waals surface area contributed by atoms with Crippen LogP contribution in [0.3, 0.4) is 0 Å². The Balaban J connectivity index is 1.47. The van der Waals surface area contributed by atoms with Gasteiger partial charge in [0.25, 0.3) is 5.56 Å². The van der Waals surface area contributed by atoms with Crippen LogP contribution in [0.15, 0.2) is 53.6 Å². The monoisotopic (exact) mass is 338 g/mol. The lowest BCUT2D eigenvalue weighted by Gasteiger charge is -2.12. The number of hydrogen-bond acceptors (Lipinski definition) is 6. The summed E-state index contributed by atoms with van der Waals surface area (Å²) in [4.78, 5) is 20.8. The molecule has 1 aliphatic rings. The number of pyridine rings is 2. The number of aromatic nitrogens is 3. The number of anilines is 1. The molecule has 1 saturated heterocycles. The zero-order valence-electron chi connectivity index (χ0n) is 13.6. The van der Waals surface area contributed by atoms with Crippen LogP contribution in [0.2, 0.25) is 0 Å². The molecule has 0 amide bonds. The average molecular weight is 338 g/mol. The Hall–Kier alpha value is -2.93. The minimum Gasteiger partial charge on any atom is -0.472 e. The highest BCUT2D eigenvalue weighted by molar-refractivity contribution is 5.46. The van der Waals surface area contributed by atoms with E-state index >= 15 is 0 Å². The van der Waals surface area contributed by atoms with Crippen molar-refractivity contribution in [2.45, 2.75) is 19.1 Å². The number of ether oxygens (including phenoxy) is 2. The largest absolute Gasteiger partial charge is 0.472 e. The molecule has 0 saturated carbocycles. The molecule has 0 bridgehead atoms. The maximum absolute atomic E-state index is 12.1. The van der Waals surface area contributed by atoms with Crippen LogP contribution in [0.4, 0.5) is 5.82 Å². The van der Waals surface area contributed by atoms with Crippen LogP contribution < -0.4 is 15.6 Å². The molecule has 1 N–H and O–H groups in total. The van der Waals surface area contributed by atoms with Gasteiger partial charge in [0.15, 0.2) is 0 Å². The molecule has 7 nitrogen and oxygen atoms in total. The number of fused-ring (bicyclic) bond motifs is 1. The van der Waals surface area contributed by atoms with Crippen molar-refractivity contribution in [2.24, 2.45) is 0 Å². The molecule has 1 fully saturated rings. The molecule has 1 atom stereocenters. The normalized spacial score (nSPS) is 16.9. The van der Waals surface area contributed by atoms with Gasteiger partial charge < -0.3 is 14.8 Å². The van der Waals surface area contributed by atoms with E-state index in [1.54, 1.807) is 24.5 Å². The van der Waals surface area contributed by atoms with Crippen LogP contribution in [-0.2, 0) is 11.3 Å². The van der Waals surface area contributed by atoms with Crippen molar-refractivity contribution >= 4 is 11.5 Å². The standard InChI is InChI=1S/C18H18N4O3/c23-18-10-15(21-16-3-1-2-7-22(16)18)20-11-13-4-6-19-17(9-13)25-14-5-8-24-12-14/h1-4,6-7,9-10,14,20H,5,8,11-12H2. The summed E-state index contributed by atoms with van der Waals surface area (Å²) < 4.78 is 12.6. The van der Waals surface area contributed by atoms with Gasteiger partial charge in [0.1, 0.15) is 17.6 Å². The van der Waals surface area contributed by atoms with Crippen LogP contribution in [0, 0.1) is 0 Å². The molecule has 3 aromatic rings. The summed E-state index contributed by atoms with van der Waals surface area (Å²) in [6.45, 7) is 1.86. The van der Waals surface area contributed by atoms with Crippen molar-refractivity contribution in [3.05, 3.63) is 64.7 Å². The van der Waals surface area contributed by atoms with E-state index in [-0.39, 0.29) is 11.7 Å². The van der Waals surface area contributed by atoms with Gasteiger partial charge >= 0.3 is 0 Å². The SMILES string of the molecule is O=c1cc(NCc2ccnc(OC3CCOC3)c2)nc2ccccn12. The molecular weight excluding hydrogens is 320 g/mol. The van der Waals surface area contributed by atoms with E-state index in [4.69, 9.17) is 9.47 Å². The van der Waals surface area contributed by atoms with Crippen molar-refractivity contribution in [3.8, 4) is 5.88 Å². The smallest absolute Gasteiger partial charge is 0.259 e. The zero-order valence-corrected chi connectivity index (χ0v) is 13.6. The van der Waals surface area contributed by atoms with Gasteiger partial charge in [-0.3, -0.25) is 9.20 Å². The fourth-order valence-electron chi connectivity index (χ4n) is 2.74. The van der Waals surface area contributed by atoms with Crippen LogP contribution >= 0.6 is 0 Å². The molecule has 25 heavy (non-hydrogen) atoms. The molecule has 4 heterocycles. The third kappa shape index (κ3) is 3.61. The van der Waals surface area contributed by atoms with Crippen molar-refractivity contribution in [2.75, 3.05) is 18.5 Å². The maximum Gasteiger partial charge on any atom is 0.259 e. The van der Waals surface area contributed by atoms with Gasteiger partial charge in [0.2, 0.25) is 5.88 Å². The molecule has 128 valence electrons. The molecule has 4 rings (SSSR count). The summed E-state index contributed by atoms with van der Waals surface area (Å²) in [6, 6.07) is 10.7. The lowest BCUT2D eigenvalue weighted by molar-refractivity contribution is 0.138. The quantitative estimate of drug-likeness (QED) is 0.765. The van der Waals surface area contributed by atoms with E-state index in [0.717, 1.165) is 18.6 Å². The molecular formula is C18H18N4O3. The summed E-state index contributed by atoms with van der Waals surface area (Å²) in [5, 5.41) is 3.18. The predicted octanol–water partition coefficient (Wildman–Crippen LogP) is 1.87. The van der Waals surface area contributed by atoms with E-state index in [2.05, 4.69) is 15.3 Å². The van der Waals surface area contributed by atoms with E-state index in [1.807, 2.05) is 18.2 Å². The summed E-state index contributed by atoms with van der Waals surface area (Å²) in [5.41, 5.74) is 1.49. The van der Waals surface area contributed by atoms with Crippen LogP contribution in [-0.4, -0.2) is 33.7 Å². The first-order chi connectivity index (χ1) is 12.3. The van der Waals surface area contributed by atoms with Gasteiger partial charge in [-0.1, -0.05) is 6.07 Å². The Morgan fingerprint density at radius 2 is 2.28 bits per heavy atom. The van der Waals surface area contributed by atoms with Gasteiger partial charge in [-0.25, -0.2) is 9.97 Å². The first-order valence-electron chi connectivity index (χ1n) is 8.19. The topological polar surface area (TPSA) is 77.8 Å². The van der Waals surface area contributed by atoms with Crippen LogP contribution in [0.25, 0.3) is 5.65 Å². The minimum absolute atomic E-state index is 0.0675. The van der Waals surface area contributed by atoms with Gasteiger partial charge in [0, 0.05) is 37.5 Å². The minimum atomic E-state index is -0.118. The first kappa shape index (κ1) is 15.6. The van der Waals surface area contributed by atoms with Gasteiger partial charge in [-0.05, 0) is 23.8 Å². The summed E-state index contributed by atoms with van der Waals surface area (Å²) in [5.74, 6) is 1.13. The van der Waals surface area contributed by atoms with Gasteiger partial charge in [0.05, 0.1) is 13.2 Å². The Labute approximate surface area is 144 Å². The highest BCUT2D eigenvalue weighted by atomic mass is 16.5. The van der Waals surface area contributed by atoms with Gasteiger partial charge in [-0.15, -0.1) is 0 Å². The molecule has 0 radical (unpaired) electrons. The average Bonchev–Trinajstić information content (AvgIpc) is 3.13. The number of nitrogens with zero attached hydrogens (tertiary/aromatic N) is 3. The predicted molar refractivity (Wildman–Crippen MR) is 92.9 cm³/mol. The molecule has 1 unspecified atom stereocenters. The third-order valence-corrected chi connectivity index (χ3v) is 4.02. The maximum atomic E-state index is 12.1. The number of nitrogens with one attached hydrogen (secondary N) is 1. The van der Waals surface area contributed by atoms with Crippen molar-refractivity contribution < 1.29 is 9.47 Å². The second-order valence-corrected chi connectivity index (χ2v) is 5.87. The van der Waals surface area contributed by atoms with Crippen molar-refractivity contribution in [1.82, 2.24) is 14.4 Å². The molecule has 0 aromatic carbocycles. The molecule has 0 spiro atoms. The molecule has 7 heteroatoms. The van der Waals surface area contributed by atoms with E-state index in [9.17, 15) is 4.79 Å². The zero-order chi connectivity index (χ0) is 17.1. The lowest BCUT2D eigenvalue weighted by atomic mass is 10.2. The van der Waals surface area contributed by atoms with E-state index < -0.39 is 0 Å². The summed E-state index contributed by atoms with van der Waals surface area (Å²) in [7, 11) is 0. The second kappa shape index (κ2) is 6.90. The Morgan fingerprint density at radius 3 is 3.16 bits per heavy atom. The Bertz CT molecular complexity index is 935. The second-order valence-electron chi connectivity index (χ2n) is 5.87. The van der Waals surface area contributed by atoms with Crippen LogP contribution in [0.5, 0.6) is 5.88 Å². The first-order valence-corrected chi connectivity index (χ1v) is 8.19. The van der Waals surface area contributed by atoms with E-state index in [0.29, 0.717) is 30.5 Å². The highest BCUT2D eigenvalue weighted by Gasteiger charge is 2.17. The van der Waals surface area contributed by atoms with E-state index in [1.165, 1.54) is 10.5 Å². The summed E-state index contributed by atoms with van der Waals surface area (Å²) >= 11 is 0. The Kier molecular flexibility index (Phi) is 4.30. The molecule has 0 aliphatic carbocycles. The van der Waals surface area contributed by atoms with Crippen LogP contribution in [0.1, 0.15) is 12.0 Å². The third-order valence-electron chi connectivity index (χ3n) is 4.02. The van der Waals surface area contributed by atoms with Crippen molar-refractivity contribution in [3.63, 3.8) is 0 Å². The van der Waals surface area contributed by atoms with Crippen molar-refractivity contribution in [1.29, 1.82) is 0 Å². The summed E-state index contributed by atoms with van der Waals surface area (Å²) in [6.07, 6.45) is 4.37. The molecule has 3 aromatic heterocycles. The number of hydrogen-bond donors (Lipinski definition) is 1. The fraction of sp³-hybridized carbons (Fsp3) is 0.278. The Morgan fingerprint density at radius 1 is 1.32 bits per heavy atom. The van der Waals surface area contributed by atoms with Gasteiger partial charge in [-0.2, -0.15) is 0 Å².